The lowest BCUT2D eigenvalue weighted by Gasteiger charge is -2.34. The number of nitrogens with zero attached hydrogens (tertiary/aromatic N) is 3. The summed E-state index contributed by atoms with van der Waals surface area (Å²) in [6.45, 7) is 4.18. The van der Waals surface area contributed by atoms with Gasteiger partial charge in [-0.3, -0.25) is 9.59 Å². The molecule has 0 radical (unpaired) electrons. The molecule has 1 saturated heterocycles. The number of carbonyl (C=O) groups excluding carboxylic acids is 2. The maximum atomic E-state index is 13.2. The van der Waals surface area contributed by atoms with Gasteiger partial charge in [0.2, 0.25) is 10.0 Å². The summed E-state index contributed by atoms with van der Waals surface area (Å²) in [5.74, 6) is -1.09. The molecule has 1 aliphatic heterocycles. The van der Waals surface area contributed by atoms with Gasteiger partial charge in [-0.2, -0.15) is 9.30 Å². The van der Waals surface area contributed by atoms with Crippen LogP contribution in [-0.4, -0.2) is 48.4 Å². The Balaban J connectivity index is 1.69. The molecule has 8 nitrogen and oxygen atoms in total. The Morgan fingerprint density at radius 1 is 1.11 bits per heavy atom. The average Bonchev–Trinajstić information content (AvgIpc) is 3.23. The molecule has 1 aromatic heterocycles. The number of hydrogen-bond donors (Lipinski definition) is 0. The molecule has 4 rings (SSSR count). The third-order valence-electron chi connectivity index (χ3n) is 6.28. The first kappa shape index (κ1) is 27.8. The minimum absolute atomic E-state index is 0.0156. The first-order valence-electron chi connectivity index (χ1n) is 12.0. The van der Waals surface area contributed by atoms with Crippen molar-refractivity contribution in [3.05, 3.63) is 56.8 Å². The second kappa shape index (κ2) is 11.7. The topological polar surface area (TPSA) is 98.0 Å². The van der Waals surface area contributed by atoms with E-state index in [1.165, 1.54) is 40.2 Å². The Hall–Kier alpha value is -2.24. The number of fused-ring (bicyclic) bond motifs is 1. The van der Waals surface area contributed by atoms with Crippen LogP contribution in [0.25, 0.3) is 10.2 Å². The number of ether oxygens (including phenoxy) is 1. The van der Waals surface area contributed by atoms with Crippen molar-refractivity contribution in [3.8, 4) is 0 Å². The number of benzene rings is 2. The highest BCUT2D eigenvalue weighted by Gasteiger charge is 2.32. The van der Waals surface area contributed by atoms with E-state index in [0.29, 0.717) is 21.8 Å². The van der Waals surface area contributed by atoms with Crippen LogP contribution in [0.4, 0.5) is 0 Å². The lowest BCUT2D eigenvalue weighted by atomic mass is 10.0. The molecule has 2 heterocycles. The zero-order valence-electron chi connectivity index (χ0n) is 20.4. The van der Waals surface area contributed by atoms with E-state index in [4.69, 9.17) is 27.9 Å². The first-order valence-corrected chi connectivity index (χ1v) is 15.0. The molecule has 198 valence electrons. The van der Waals surface area contributed by atoms with Crippen LogP contribution in [0.5, 0.6) is 0 Å². The summed E-state index contributed by atoms with van der Waals surface area (Å²) in [6, 6.07) is 9.14. The van der Waals surface area contributed by atoms with Gasteiger partial charge in [-0.1, -0.05) is 47.9 Å². The van der Waals surface area contributed by atoms with Crippen LogP contribution in [-0.2, 0) is 26.1 Å². The van der Waals surface area contributed by atoms with Crippen LogP contribution < -0.4 is 4.80 Å². The molecule has 1 aliphatic rings. The number of rotatable bonds is 7. The number of aromatic nitrogens is 1. The number of carbonyl (C=O) groups is 2. The zero-order chi connectivity index (χ0) is 26.7. The van der Waals surface area contributed by atoms with Gasteiger partial charge in [0.25, 0.3) is 5.91 Å². The normalized spacial score (nSPS) is 17.3. The molecule has 3 aromatic rings. The largest absolute Gasteiger partial charge is 0.465 e. The number of sulfonamides is 1. The van der Waals surface area contributed by atoms with Crippen molar-refractivity contribution in [2.45, 2.75) is 57.0 Å². The fourth-order valence-electron chi connectivity index (χ4n) is 4.43. The van der Waals surface area contributed by atoms with E-state index in [1.807, 2.05) is 6.92 Å². The number of piperidine rings is 1. The van der Waals surface area contributed by atoms with Gasteiger partial charge in [-0.15, -0.1) is 0 Å². The quantitative estimate of drug-likeness (QED) is 0.353. The number of amides is 1. The molecule has 0 saturated carbocycles. The highest BCUT2D eigenvalue weighted by molar-refractivity contribution is 7.89. The van der Waals surface area contributed by atoms with Crippen molar-refractivity contribution in [1.82, 2.24) is 8.87 Å². The maximum Gasteiger partial charge on any atom is 0.326 e. The highest BCUT2D eigenvalue weighted by Crippen LogP contribution is 2.32. The van der Waals surface area contributed by atoms with Crippen molar-refractivity contribution in [2.24, 2.45) is 4.99 Å². The molecule has 0 N–H and O–H groups in total. The molecule has 1 amide bonds. The molecule has 0 aliphatic carbocycles. The summed E-state index contributed by atoms with van der Waals surface area (Å²) in [5, 5.41) is 0.546. The third kappa shape index (κ3) is 5.78. The van der Waals surface area contributed by atoms with Gasteiger partial charge in [0, 0.05) is 18.2 Å². The second-order valence-corrected chi connectivity index (χ2v) is 12.3. The summed E-state index contributed by atoms with van der Waals surface area (Å²) < 4.78 is 35.3. The number of esters is 1. The van der Waals surface area contributed by atoms with Crippen LogP contribution in [0.2, 0.25) is 10.0 Å². The van der Waals surface area contributed by atoms with Gasteiger partial charge in [-0.25, -0.2) is 8.42 Å². The predicted molar refractivity (Wildman–Crippen MR) is 145 cm³/mol. The molecular weight excluding hydrogens is 557 g/mol. The second-order valence-electron chi connectivity index (χ2n) is 8.60. The van der Waals surface area contributed by atoms with E-state index in [-0.39, 0.29) is 39.5 Å². The summed E-state index contributed by atoms with van der Waals surface area (Å²) in [4.78, 5) is 29.9. The molecule has 1 fully saturated rings. The van der Waals surface area contributed by atoms with E-state index in [1.54, 1.807) is 23.4 Å². The number of halogens is 2. The lowest BCUT2D eigenvalue weighted by molar-refractivity contribution is -0.143. The summed E-state index contributed by atoms with van der Waals surface area (Å²) >= 11 is 13.8. The molecule has 0 spiro atoms. The molecule has 2 aromatic carbocycles. The molecule has 12 heteroatoms. The fraction of sp³-hybridized carbons (Fsp3) is 0.400. The van der Waals surface area contributed by atoms with Crippen molar-refractivity contribution in [3.63, 3.8) is 0 Å². The number of thiazole rings is 1. The third-order valence-corrected chi connectivity index (χ3v) is 10.1. The van der Waals surface area contributed by atoms with Crippen LogP contribution >= 0.6 is 34.5 Å². The van der Waals surface area contributed by atoms with Crippen LogP contribution in [0.1, 0.15) is 49.9 Å². The van der Waals surface area contributed by atoms with Crippen LogP contribution in [0.15, 0.2) is 46.3 Å². The van der Waals surface area contributed by atoms with Gasteiger partial charge >= 0.3 is 5.97 Å². The van der Waals surface area contributed by atoms with E-state index < -0.39 is 21.9 Å². The van der Waals surface area contributed by atoms with Gasteiger partial charge < -0.3 is 9.30 Å². The van der Waals surface area contributed by atoms with E-state index in [2.05, 4.69) is 4.99 Å². The van der Waals surface area contributed by atoms with Crippen molar-refractivity contribution in [2.75, 3.05) is 13.2 Å². The smallest absolute Gasteiger partial charge is 0.326 e. The Labute approximate surface area is 229 Å². The van der Waals surface area contributed by atoms with Gasteiger partial charge in [0.1, 0.15) is 6.54 Å². The molecule has 1 atom stereocenters. The average molecular weight is 585 g/mol. The minimum atomic E-state index is -3.67. The predicted octanol–water partition coefficient (Wildman–Crippen LogP) is 5.27. The van der Waals surface area contributed by atoms with Crippen LogP contribution in [0, 0.1) is 0 Å². The Morgan fingerprint density at radius 2 is 1.84 bits per heavy atom. The number of hydrogen-bond acceptors (Lipinski definition) is 6. The zero-order valence-corrected chi connectivity index (χ0v) is 23.6. The standard InChI is InChI=1S/C25H27Cl2N3O5S2/c1-3-17-7-5-6-14-30(17)37(33,34)18-10-8-16(9-11-18)24(32)28-25-29(15-21(31)35-4-2)23-20(36-25)13-12-19(26)22(23)27/h8-13,17H,3-7,14-15H2,1-2H3. The van der Waals surface area contributed by atoms with E-state index in [0.717, 1.165) is 25.7 Å². The SMILES string of the molecule is CCOC(=O)Cn1c(=NC(=O)c2ccc(S(=O)(=O)N3CCCCC3CC)cc2)sc2ccc(Cl)c(Cl)c21. The van der Waals surface area contributed by atoms with Gasteiger partial charge in [0.05, 0.1) is 31.8 Å². The highest BCUT2D eigenvalue weighted by atomic mass is 35.5. The summed E-state index contributed by atoms with van der Waals surface area (Å²) in [7, 11) is -3.67. The molecule has 1 unspecified atom stereocenters. The minimum Gasteiger partial charge on any atom is -0.465 e. The Kier molecular flexibility index (Phi) is 8.75. The monoisotopic (exact) mass is 583 g/mol. The van der Waals surface area contributed by atoms with Crippen molar-refractivity contribution in [1.29, 1.82) is 0 Å². The molecule has 0 bridgehead atoms. The van der Waals surface area contributed by atoms with Gasteiger partial charge in [0.15, 0.2) is 4.80 Å². The van der Waals surface area contributed by atoms with Gasteiger partial charge in [-0.05, 0) is 62.6 Å². The first-order chi connectivity index (χ1) is 17.7. The lowest BCUT2D eigenvalue weighted by Crippen LogP contribution is -2.43. The fourth-order valence-corrected chi connectivity index (χ4v) is 7.70. The van der Waals surface area contributed by atoms with Crippen molar-refractivity contribution >= 4 is 66.7 Å². The Bertz CT molecular complexity index is 1500. The van der Waals surface area contributed by atoms with Crippen LogP contribution in [0.3, 0.4) is 0 Å². The molecule has 37 heavy (non-hydrogen) atoms. The molecular formula is C25H27Cl2N3O5S2. The van der Waals surface area contributed by atoms with E-state index in [9.17, 15) is 18.0 Å². The summed E-state index contributed by atoms with van der Waals surface area (Å²) in [6.07, 6.45) is 3.46. The van der Waals surface area contributed by atoms with Crippen molar-refractivity contribution < 1.29 is 22.7 Å². The maximum absolute atomic E-state index is 13.2. The Morgan fingerprint density at radius 3 is 2.51 bits per heavy atom. The van der Waals surface area contributed by atoms with E-state index >= 15 is 0 Å². The summed E-state index contributed by atoms with van der Waals surface area (Å²) in [5.41, 5.74) is 0.695.